The molecule has 1 aromatic carbocycles. The average molecular weight is 235 g/mol. The minimum atomic E-state index is -3.25. The van der Waals surface area contributed by atoms with Crippen molar-refractivity contribution in [3.05, 3.63) is 35.4 Å². The zero-order chi connectivity index (χ0) is 11.5. The molecule has 84 valence electrons. The SMILES string of the molecule is CS(=O)(=O)NCCc1cc(F)cc(F)c1. The fourth-order valence-electron chi connectivity index (χ4n) is 1.14. The molecule has 0 heterocycles. The van der Waals surface area contributed by atoms with Crippen LogP contribution >= 0.6 is 0 Å². The second-order valence-corrected chi connectivity index (χ2v) is 5.03. The molecule has 1 aromatic rings. The van der Waals surface area contributed by atoms with E-state index >= 15 is 0 Å². The molecule has 0 aliphatic rings. The Bertz CT molecular complexity index is 425. The van der Waals surface area contributed by atoms with Crippen LogP contribution in [0.3, 0.4) is 0 Å². The molecular weight excluding hydrogens is 224 g/mol. The van der Waals surface area contributed by atoms with Crippen molar-refractivity contribution in [2.24, 2.45) is 0 Å². The Kier molecular flexibility index (Phi) is 3.76. The summed E-state index contributed by atoms with van der Waals surface area (Å²) in [6.45, 7) is 0.127. The molecule has 0 fully saturated rings. The molecule has 0 radical (unpaired) electrons. The molecule has 0 amide bonds. The lowest BCUT2D eigenvalue weighted by molar-refractivity contribution is 0.578. The summed E-state index contributed by atoms with van der Waals surface area (Å²) in [5, 5.41) is 0. The van der Waals surface area contributed by atoms with Gasteiger partial charge in [-0.05, 0) is 24.1 Å². The first-order valence-corrected chi connectivity index (χ1v) is 6.15. The minimum Gasteiger partial charge on any atom is -0.215 e. The smallest absolute Gasteiger partial charge is 0.208 e. The van der Waals surface area contributed by atoms with E-state index in [1.807, 2.05) is 0 Å². The zero-order valence-corrected chi connectivity index (χ0v) is 8.94. The molecule has 0 aliphatic heterocycles. The molecule has 3 nitrogen and oxygen atoms in total. The van der Waals surface area contributed by atoms with E-state index in [9.17, 15) is 17.2 Å². The van der Waals surface area contributed by atoms with E-state index in [4.69, 9.17) is 0 Å². The van der Waals surface area contributed by atoms with E-state index in [1.54, 1.807) is 0 Å². The normalized spacial score (nSPS) is 11.7. The van der Waals surface area contributed by atoms with Gasteiger partial charge in [-0.1, -0.05) is 0 Å². The Morgan fingerprint density at radius 2 is 1.73 bits per heavy atom. The lowest BCUT2D eigenvalue weighted by Gasteiger charge is -2.03. The summed E-state index contributed by atoms with van der Waals surface area (Å²) < 4.78 is 49.0. The van der Waals surface area contributed by atoms with Gasteiger partial charge < -0.3 is 0 Å². The van der Waals surface area contributed by atoms with Gasteiger partial charge in [0.05, 0.1) is 6.26 Å². The Morgan fingerprint density at radius 3 is 2.20 bits per heavy atom. The Labute approximate surface area is 87.2 Å². The first-order chi connectivity index (χ1) is 6.87. The molecule has 0 bridgehead atoms. The maximum atomic E-state index is 12.7. The predicted molar refractivity (Wildman–Crippen MR) is 52.9 cm³/mol. The molecule has 0 saturated heterocycles. The third-order valence-electron chi connectivity index (χ3n) is 1.70. The molecule has 0 atom stereocenters. The predicted octanol–water partition coefficient (Wildman–Crippen LogP) is 1.06. The van der Waals surface area contributed by atoms with Gasteiger partial charge in [-0.25, -0.2) is 21.9 Å². The van der Waals surface area contributed by atoms with Crippen LogP contribution in [0.25, 0.3) is 0 Å². The molecule has 15 heavy (non-hydrogen) atoms. The molecule has 1 N–H and O–H groups in total. The first-order valence-electron chi connectivity index (χ1n) is 4.26. The summed E-state index contributed by atoms with van der Waals surface area (Å²) in [7, 11) is -3.25. The standard InChI is InChI=1S/C9H11F2NO2S/c1-15(13,14)12-3-2-7-4-8(10)6-9(11)5-7/h4-6,12H,2-3H2,1H3. The second kappa shape index (κ2) is 4.67. The summed E-state index contributed by atoms with van der Waals surface area (Å²) in [6, 6.07) is 3.12. The van der Waals surface area contributed by atoms with Crippen molar-refractivity contribution in [3.8, 4) is 0 Å². The van der Waals surface area contributed by atoms with Crippen LogP contribution in [-0.2, 0) is 16.4 Å². The van der Waals surface area contributed by atoms with Gasteiger partial charge in [0.1, 0.15) is 11.6 Å². The number of rotatable bonds is 4. The van der Waals surface area contributed by atoms with Gasteiger partial charge in [0.25, 0.3) is 0 Å². The van der Waals surface area contributed by atoms with Gasteiger partial charge in [-0.3, -0.25) is 0 Å². The van der Waals surface area contributed by atoms with Gasteiger partial charge in [-0.2, -0.15) is 0 Å². The zero-order valence-electron chi connectivity index (χ0n) is 8.13. The van der Waals surface area contributed by atoms with Gasteiger partial charge in [-0.15, -0.1) is 0 Å². The molecule has 6 heteroatoms. The quantitative estimate of drug-likeness (QED) is 0.848. The van der Waals surface area contributed by atoms with Crippen molar-refractivity contribution in [1.29, 1.82) is 0 Å². The monoisotopic (exact) mass is 235 g/mol. The van der Waals surface area contributed by atoms with E-state index in [-0.39, 0.29) is 13.0 Å². The summed E-state index contributed by atoms with van der Waals surface area (Å²) in [4.78, 5) is 0. The van der Waals surface area contributed by atoms with Crippen LogP contribution in [0, 0.1) is 11.6 Å². The number of hydrogen-bond acceptors (Lipinski definition) is 2. The molecule has 0 unspecified atom stereocenters. The highest BCUT2D eigenvalue weighted by Gasteiger charge is 2.03. The van der Waals surface area contributed by atoms with Crippen molar-refractivity contribution in [3.63, 3.8) is 0 Å². The number of benzene rings is 1. The summed E-state index contributed by atoms with van der Waals surface area (Å²) in [5.74, 6) is -1.33. The van der Waals surface area contributed by atoms with E-state index in [0.29, 0.717) is 5.56 Å². The van der Waals surface area contributed by atoms with Crippen LogP contribution in [0.4, 0.5) is 8.78 Å². The average Bonchev–Trinajstić information content (AvgIpc) is 1.99. The Hall–Kier alpha value is -1.01. The van der Waals surface area contributed by atoms with Crippen molar-refractivity contribution in [2.45, 2.75) is 6.42 Å². The Balaban J connectivity index is 2.58. The fourth-order valence-corrected chi connectivity index (χ4v) is 1.61. The Morgan fingerprint density at radius 1 is 1.20 bits per heavy atom. The topological polar surface area (TPSA) is 46.2 Å². The molecule has 0 saturated carbocycles. The van der Waals surface area contributed by atoms with Crippen LogP contribution in [-0.4, -0.2) is 21.2 Å². The summed E-state index contributed by atoms with van der Waals surface area (Å²) in [6.07, 6.45) is 1.28. The maximum absolute atomic E-state index is 12.7. The van der Waals surface area contributed by atoms with Crippen LogP contribution in [0.5, 0.6) is 0 Å². The van der Waals surface area contributed by atoms with Crippen LogP contribution < -0.4 is 4.72 Å². The van der Waals surface area contributed by atoms with Crippen LogP contribution in [0.1, 0.15) is 5.56 Å². The van der Waals surface area contributed by atoms with E-state index < -0.39 is 21.7 Å². The molecule has 0 spiro atoms. The molecule has 0 aliphatic carbocycles. The third kappa shape index (κ3) is 4.85. The van der Waals surface area contributed by atoms with Crippen molar-refractivity contribution in [1.82, 2.24) is 4.72 Å². The lowest BCUT2D eigenvalue weighted by Crippen LogP contribution is -2.24. The van der Waals surface area contributed by atoms with E-state index in [1.165, 1.54) is 12.1 Å². The lowest BCUT2D eigenvalue weighted by atomic mass is 10.1. The van der Waals surface area contributed by atoms with Gasteiger partial charge in [0.15, 0.2) is 0 Å². The second-order valence-electron chi connectivity index (χ2n) is 3.19. The maximum Gasteiger partial charge on any atom is 0.208 e. The number of sulfonamides is 1. The van der Waals surface area contributed by atoms with Gasteiger partial charge in [0, 0.05) is 12.6 Å². The van der Waals surface area contributed by atoms with Crippen molar-refractivity contribution < 1.29 is 17.2 Å². The van der Waals surface area contributed by atoms with Gasteiger partial charge in [0.2, 0.25) is 10.0 Å². The number of hydrogen-bond donors (Lipinski definition) is 1. The largest absolute Gasteiger partial charge is 0.215 e. The molecular formula is C9H11F2NO2S. The van der Waals surface area contributed by atoms with E-state index in [0.717, 1.165) is 12.3 Å². The fraction of sp³-hybridized carbons (Fsp3) is 0.333. The van der Waals surface area contributed by atoms with Crippen LogP contribution in [0.15, 0.2) is 18.2 Å². The number of halogens is 2. The molecule has 1 rings (SSSR count). The number of nitrogens with one attached hydrogen (secondary N) is 1. The highest BCUT2D eigenvalue weighted by Crippen LogP contribution is 2.08. The third-order valence-corrected chi connectivity index (χ3v) is 2.43. The molecule has 0 aromatic heterocycles. The summed E-state index contributed by atoms with van der Waals surface area (Å²) >= 11 is 0. The highest BCUT2D eigenvalue weighted by molar-refractivity contribution is 7.88. The summed E-state index contributed by atoms with van der Waals surface area (Å²) in [5.41, 5.74) is 0.420. The van der Waals surface area contributed by atoms with Crippen molar-refractivity contribution >= 4 is 10.0 Å². The van der Waals surface area contributed by atoms with Crippen LogP contribution in [0.2, 0.25) is 0 Å². The van der Waals surface area contributed by atoms with Gasteiger partial charge >= 0.3 is 0 Å². The van der Waals surface area contributed by atoms with Crippen molar-refractivity contribution in [2.75, 3.05) is 12.8 Å². The first kappa shape index (κ1) is 12.1. The van der Waals surface area contributed by atoms with E-state index in [2.05, 4.69) is 4.72 Å². The highest BCUT2D eigenvalue weighted by atomic mass is 32.2. The minimum absolute atomic E-state index is 0.127.